The molecule has 1 atom stereocenters. The summed E-state index contributed by atoms with van der Waals surface area (Å²) >= 11 is 1.77. The van der Waals surface area contributed by atoms with E-state index in [-0.39, 0.29) is 0 Å². The number of hydrogen-bond donors (Lipinski definition) is 2. The summed E-state index contributed by atoms with van der Waals surface area (Å²) in [6.45, 7) is 9.45. The van der Waals surface area contributed by atoms with Gasteiger partial charge in [-0.25, -0.2) is 0 Å². The second kappa shape index (κ2) is 7.50. The Kier molecular flexibility index (Phi) is 5.66. The largest absolute Gasteiger partial charge is 0.356 e. The second-order valence-corrected chi connectivity index (χ2v) is 5.47. The lowest BCUT2D eigenvalue weighted by atomic mass is 10.1. The van der Waals surface area contributed by atoms with Gasteiger partial charge in [-0.15, -0.1) is 0 Å². The van der Waals surface area contributed by atoms with Crippen molar-refractivity contribution >= 4 is 17.3 Å². The molecule has 0 fully saturated rings. The summed E-state index contributed by atoms with van der Waals surface area (Å²) in [6.07, 6.45) is 1.13. The predicted molar refractivity (Wildman–Crippen MR) is 82.9 cm³/mol. The van der Waals surface area contributed by atoms with E-state index in [4.69, 9.17) is 0 Å². The van der Waals surface area contributed by atoms with Crippen LogP contribution in [-0.4, -0.2) is 43.6 Å². The third-order valence-electron chi connectivity index (χ3n) is 3.54. The molecule has 0 saturated carbocycles. The molecule has 2 rings (SSSR count). The molecule has 19 heavy (non-hydrogen) atoms. The molecule has 1 aromatic heterocycles. The highest BCUT2D eigenvalue weighted by Gasteiger charge is 2.18. The maximum Gasteiger partial charge on any atom is 0.191 e. The molecular formula is C14H24N4S. The van der Waals surface area contributed by atoms with E-state index < -0.39 is 0 Å². The van der Waals surface area contributed by atoms with Gasteiger partial charge in [-0.05, 0) is 41.9 Å². The molecule has 1 aliphatic heterocycles. The van der Waals surface area contributed by atoms with E-state index in [1.54, 1.807) is 11.3 Å². The van der Waals surface area contributed by atoms with E-state index in [2.05, 4.69) is 51.2 Å². The number of guanidine groups is 1. The number of aliphatic imine (C=N–C) groups is 1. The van der Waals surface area contributed by atoms with Gasteiger partial charge in [0.15, 0.2) is 5.96 Å². The Morgan fingerprint density at radius 2 is 2.32 bits per heavy atom. The summed E-state index contributed by atoms with van der Waals surface area (Å²) in [5.74, 6) is 0.957. The maximum absolute atomic E-state index is 4.47. The van der Waals surface area contributed by atoms with E-state index in [1.807, 2.05) is 0 Å². The van der Waals surface area contributed by atoms with Crippen LogP contribution in [0.3, 0.4) is 0 Å². The summed E-state index contributed by atoms with van der Waals surface area (Å²) in [5, 5.41) is 11.2. The third-order valence-corrected chi connectivity index (χ3v) is 4.24. The maximum atomic E-state index is 4.47. The molecule has 2 N–H and O–H groups in total. The minimum atomic E-state index is 0.424. The van der Waals surface area contributed by atoms with Crippen molar-refractivity contribution in [1.82, 2.24) is 15.5 Å². The van der Waals surface area contributed by atoms with Gasteiger partial charge in [0, 0.05) is 19.6 Å². The third kappa shape index (κ3) is 3.94. The highest BCUT2D eigenvalue weighted by atomic mass is 32.1. The Morgan fingerprint density at radius 3 is 2.89 bits per heavy atom. The average molecular weight is 280 g/mol. The monoisotopic (exact) mass is 280 g/mol. The van der Waals surface area contributed by atoms with Crippen LogP contribution in [0, 0.1) is 0 Å². The Hall–Kier alpha value is -1.07. The van der Waals surface area contributed by atoms with Crippen molar-refractivity contribution < 1.29 is 0 Å². The van der Waals surface area contributed by atoms with E-state index in [9.17, 15) is 0 Å². The lowest BCUT2D eigenvalue weighted by Crippen LogP contribution is -2.45. The molecule has 1 aromatic rings. The summed E-state index contributed by atoms with van der Waals surface area (Å²) in [5.41, 5.74) is 1.40. The Balaban J connectivity index is 1.99. The fourth-order valence-electron chi connectivity index (χ4n) is 2.43. The quantitative estimate of drug-likeness (QED) is 0.838. The van der Waals surface area contributed by atoms with Gasteiger partial charge in [0.05, 0.1) is 6.04 Å². The first-order valence-corrected chi connectivity index (χ1v) is 8.07. The van der Waals surface area contributed by atoms with Crippen LogP contribution in [0.25, 0.3) is 0 Å². The van der Waals surface area contributed by atoms with Crippen LogP contribution in [0.4, 0.5) is 0 Å². The van der Waals surface area contributed by atoms with Gasteiger partial charge in [0.2, 0.25) is 0 Å². The average Bonchev–Trinajstić information content (AvgIpc) is 2.98. The lowest BCUT2D eigenvalue weighted by Gasteiger charge is -2.30. The molecule has 1 unspecified atom stereocenters. The van der Waals surface area contributed by atoms with Gasteiger partial charge in [-0.2, -0.15) is 11.3 Å². The normalized spacial score (nSPS) is 16.9. The van der Waals surface area contributed by atoms with Crippen LogP contribution in [0.2, 0.25) is 0 Å². The van der Waals surface area contributed by atoms with E-state index >= 15 is 0 Å². The van der Waals surface area contributed by atoms with Crippen molar-refractivity contribution in [3.63, 3.8) is 0 Å². The van der Waals surface area contributed by atoms with Crippen molar-refractivity contribution in [2.24, 2.45) is 4.99 Å². The molecule has 0 spiro atoms. The predicted octanol–water partition coefficient (Wildman–Crippen LogP) is 2.07. The number of rotatable bonds is 6. The highest BCUT2D eigenvalue weighted by molar-refractivity contribution is 7.07. The molecule has 0 radical (unpaired) electrons. The number of thiophene rings is 1. The smallest absolute Gasteiger partial charge is 0.191 e. The highest BCUT2D eigenvalue weighted by Crippen LogP contribution is 2.22. The van der Waals surface area contributed by atoms with Crippen molar-refractivity contribution in [2.75, 3.05) is 32.7 Å². The summed E-state index contributed by atoms with van der Waals surface area (Å²) in [7, 11) is 0. The Morgan fingerprint density at radius 1 is 1.47 bits per heavy atom. The number of likely N-dealkylation sites (N-methyl/N-ethyl adjacent to an activating group) is 1. The molecule has 0 aliphatic carbocycles. The number of hydrogen-bond acceptors (Lipinski definition) is 5. The van der Waals surface area contributed by atoms with Crippen LogP contribution < -0.4 is 10.6 Å². The van der Waals surface area contributed by atoms with Crippen LogP contribution in [-0.2, 0) is 0 Å². The van der Waals surface area contributed by atoms with Gasteiger partial charge >= 0.3 is 0 Å². The molecule has 5 heteroatoms. The van der Waals surface area contributed by atoms with Crippen LogP contribution in [0.1, 0.15) is 31.9 Å². The van der Waals surface area contributed by atoms with E-state index in [0.29, 0.717) is 6.04 Å². The zero-order chi connectivity index (χ0) is 13.5. The molecular weight excluding hydrogens is 256 g/mol. The minimum Gasteiger partial charge on any atom is -0.356 e. The molecule has 2 heterocycles. The second-order valence-electron chi connectivity index (χ2n) is 4.69. The van der Waals surface area contributed by atoms with Crippen molar-refractivity contribution in [3.05, 3.63) is 22.4 Å². The zero-order valence-electron chi connectivity index (χ0n) is 11.9. The van der Waals surface area contributed by atoms with E-state index in [1.165, 1.54) is 5.56 Å². The first-order valence-electron chi connectivity index (χ1n) is 7.13. The fraction of sp³-hybridized carbons (Fsp3) is 0.643. The van der Waals surface area contributed by atoms with Crippen LogP contribution in [0.15, 0.2) is 21.8 Å². The van der Waals surface area contributed by atoms with Gasteiger partial charge in [0.25, 0.3) is 0 Å². The Labute approximate surface area is 119 Å². The standard InChI is InChI=1S/C14H24N4S/c1-3-18(4-2)13(12-6-9-19-11-12)10-17-14-15-7-5-8-16-14/h6,9,11,13H,3-5,7-8,10H2,1-2H3,(H2,15,16,17). The van der Waals surface area contributed by atoms with Crippen molar-refractivity contribution in [3.8, 4) is 0 Å². The van der Waals surface area contributed by atoms with Crippen molar-refractivity contribution in [1.29, 1.82) is 0 Å². The molecule has 0 amide bonds. The van der Waals surface area contributed by atoms with Crippen LogP contribution in [0.5, 0.6) is 0 Å². The number of nitrogens with zero attached hydrogens (tertiary/aromatic N) is 2. The first kappa shape index (κ1) is 14.3. The first-order chi connectivity index (χ1) is 9.35. The van der Waals surface area contributed by atoms with Crippen LogP contribution >= 0.6 is 11.3 Å². The topological polar surface area (TPSA) is 39.7 Å². The molecule has 106 valence electrons. The van der Waals surface area contributed by atoms with Gasteiger partial charge in [0.1, 0.15) is 0 Å². The fourth-order valence-corrected chi connectivity index (χ4v) is 3.14. The van der Waals surface area contributed by atoms with Gasteiger partial charge in [-0.1, -0.05) is 13.8 Å². The minimum absolute atomic E-state index is 0.424. The number of nitrogens with one attached hydrogen (secondary N) is 2. The van der Waals surface area contributed by atoms with E-state index in [0.717, 1.165) is 45.1 Å². The molecule has 1 aliphatic rings. The van der Waals surface area contributed by atoms with Crippen molar-refractivity contribution in [2.45, 2.75) is 26.3 Å². The molecule has 0 saturated heterocycles. The molecule has 4 nitrogen and oxygen atoms in total. The SMILES string of the molecule is CCN(CC)C(CNC1=NCCCN1)c1ccsc1. The van der Waals surface area contributed by atoms with Gasteiger partial charge in [-0.3, -0.25) is 9.89 Å². The summed E-state index contributed by atoms with van der Waals surface area (Å²) in [4.78, 5) is 6.96. The lowest BCUT2D eigenvalue weighted by molar-refractivity contribution is 0.219. The summed E-state index contributed by atoms with van der Waals surface area (Å²) in [6, 6.07) is 2.65. The molecule has 0 aromatic carbocycles. The summed E-state index contributed by atoms with van der Waals surface area (Å²) < 4.78 is 0. The zero-order valence-corrected chi connectivity index (χ0v) is 12.7. The van der Waals surface area contributed by atoms with Gasteiger partial charge < -0.3 is 10.6 Å². The Bertz CT molecular complexity index is 384. The molecule has 0 bridgehead atoms.